The van der Waals surface area contributed by atoms with E-state index < -0.39 is 11.7 Å². The summed E-state index contributed by atoms with van der Waals surface area (Å²) < 4.78 is 39.6. The van der Waals surface area contributed by atoms with E-state index in [1.807, 2.05) is 26.8 Å². The van der Waals surface area contributed by atoms with Crippen molar-refractivity contribution in [3.8, 4) is 0 Å². The minimum Gasteiger partial charge on any atom is -0.401 e. The lowest BCUT2D eigenvalue weighted by atomic mass is 9.85. The maximum atomic E-state index is 13.2. The summed E-state index contributed by atoms with van der Waals surface area (Å²) in [5.41, 5.74) is 8.79. The zero-order valence-electron chi connectivity index (χ0n) is 18.6. The maximum absolute atomic E-state index is 13.2. The number of aryl methyl sites for hydroxylation is 1. The van der Waals surface area contributed by atoms with Gasteiger partial charge in [-0.25, -0.2) is 0 Å². The number of pyridine rings is 1. The molecule has 0 fully saturated rings. The number of nitrogens with two attached hydrogens (primary N) is 1. The third kappa shape index (κ3) is 5.97. The number of hydrogen-bond donors (Lipinski definition) is 1. The van der Waals surface area contributed by atoms with Crippen LogP contribution in [0.5, 0.6) is 0 Å². The van der Waals surface area contributed by atoms with Crippen molar-refractivity contribution in [2.24, 2.45) is 11.7 Å². The summed E-state index contributed by atoms with van der Waals surface area (Å²) in [6, 6.07) is 5.91. The Hall–Kier alpha value is -2.56. The zero-order valence-corrected chi connectivity index (χ0v) is 18.6. The van der Waals surface area contributed by atoms with Gasteiger partial charge in [-0.2, -0.15) is 13.2 Å². The number of aromatic nitrogens is 1. The molecule has 2 nitrogen and oxygen atoms in total. The lowest BCUT2D eigenvalue weighted by molar-refractivity contribution is -0.137. The summed E-state index contributed by atoms with van der Waals surface area (Å²) in [5.74, 6) is 0.139. The normalized spacial score (nSPS) is 14.3. The predicted molar refractivity (Wildman–Crippen MR) is 120 cm³/mol. The number of nitrogens with zero attached hydrogens (tertiary/aromatic N) is 1. The monoisotopic (exact) mass is 418 g/mol. The topological polar surface area (TPSA) is 38.9 Å². The summed E-state index contributed by atoms with van der Waals surface area (Å²) in [5, 5.41) is 1.72. The van der Waals surface area contributed by atoms with Gasteiger partial charge in [0.1, 0.15) is 0 Å². The number of hydrogen-bond acceptors (Lipinski definition) is 2. The van der Waals surface area contributed by atoms with Crippen LogP contribution in [0.25, 0.3) is 11.3 Å². The van der Waals surface area contributed by atoms with Crippen LogP contribution in [0.2, 0.25) is 0 Å². The molecule has 2 aromatic rings. The minimum atomic E-state index is -4.36. The van der Waals surface area contributed by atoms with Gasteiger partial charge in [-0.05, 0) is 58.9 Å². The molecule has 1 aromatic heterocycles. The van der Waals surface area contributed by atoms with Gasteiger partial charge in [-0.3, -0.25) is 4.98 Å². The van der Waals surface area contributed by atoms with Gasteiger partial charge in [0.2, 0.25) is 0 Å². The molecular formula is C25H33F3N2. The van der Waals surface area contributed by atoms with Gasteiger partial charge >= 0.3 is 6.18 Å². The van der Waals surface area contributed by atoms with E-state index >= 15 is 0 Å². The Morgan fingerprint density at radius 1 is 1.17 bits per heavy atom. The van der Waals surface area contributed by atoms with Gasteiger partial charge in [0.15, 0.2) is 0 Å². The number of rotatable bonds is 6. The van der Waals surface area contributed by atoms with Crippen molar-refractivity contribution in [1.82, 2.24) is 4.98 Å². The van der Waals surface area contributed by atoms with Crippen LogP contribution in [-0.2, 0) is 12.6 Å². The Kier molecular flexibility index (Phi) is 9.83. The molecule has 0 radical (unpaired) electrons. The standard InChI is InChI=1S/C23H27F3N2.C2H6/c1-5-8-21(27)20-14-28-12-11-19(20)22(15(4)6-2)18-10-9-17(23(24,25)26)13-16(18)7-3;1-2/h5,9-15H,1,6-8,27H2,2-4H3;1-2H3/b21-20+,22-19+;. The Labute approximate surface area is 178 Å². The van der Waals surface area contributed by atoms with E-state index in [4.69, 9.17) is 5.73 Å². The van der Waals surface area contributed by atoms with Crippen molar-refractivity contribution in [3.63, 3.8) is 0 Å². The molecule has 1 aromatic carbocycles. The van der Waals surface area contributed by atoms with Crippen LogP contribution in [0.15, 0.2) is 49.3 Å². The Morgan fingerprint density at radius 2 is 1.83 bits per heavy atom. The van der Waals surface area contributed by atoms with Crippen molar-refractivity contribution in [2.45, 2.75) is 60.1 Å². The first-order valence-corrected chi connectivity index (χ1v) is 10.5. The van der Waals surface area contributed by atoms with Crippen molar-refractivity contribution < 1.29 is 13.2 Å². The molecule has 1 unspecified atom stereocenters. The van der Waals surface area contributed by atoms with E-state index in [0.717, 1.165) is 34.1 Å². The molecule has 1 heterocycles. The quantitative estimate of drug-likeness (QED) is 0.622. The average Bonchev–Trinajstić information content (AvgIpc) is 2.75. The van der Waals surface area contributed by atoms with Gasteiger partial charge in [0.05, 0.1) is 5.56 Å². The van der Waals surface area contributed by atoms with Gasteiger partial charge in [0, 0.05) is 29.7 Å². The minimum absolute atomic E-state index is 0.139. The molecule has 164 valence electrons. The van der Waals surface area contributed by atoms with Gasteiger partial charge in [0.25, 0.3) is 0 Å². The number of benzene rings is 1. The third-order valence-electron chi connectivity index (χ3n) is 5.03. The molecule has 0 saturated heterocycles. The maximum Gasteiger partial charge on any atom is 0.416 e. The van der Waals surface area contributed by atoms with Crippen LogP contribution in [0.3, 0.4) is 0 Å². The smallest absolute Gasteiger partial charge is 0.401 e. The summed E-state index contributed by atoms with van der Waals surface area (Å²) in [4.78, 5) is 4.20. The molecule has 1 atom stereocenters. The summed E-state index contributed by atoms with van der Waals surface area (Å²) in [6.45, 7) is 13.8. The van der Waals surface area contributed by atoms with Crippen LogP contribution in [-0.4, -0.2) is 4.98 Å². The largest absolute Gasteiger partial charge is 0.416 e. The highest BCUT2D eigenvalue weighted by Gasteiger charge is 2.31. The molecule has 0 aliphatic rings. The van der Waals surface area contributed by atoms with E-state index in [-0.39, 0.29) is 5.92 Å². The van der Waals surface area contributed by atoms with Gasteiger partial charge < -0.3 is 5.73 Å². The molecule has 0 amide bonds. The molecular weight excluding hydrogens is 385 g/mol. The zero-order chi connectivity index (χ0) is 22.9. The highest BCUT2D eigenvalue weighted by atomic mass is 19.4. The van der Waals surface area contributed by atoms with Crippen LogP contribution in [0, 0.1) is 5.92 Å². The molecule has 5 heteroatoms. The molecule has 0 bridgehead atoms. The van der Waals surface area contributed by atoms with E-state index in [1.165, 1.54) is 6.07 Å². The molecule has 30 heavy (non-hydrogen) atoms. The fourth-order valence-corrected chi connectivity index (χ4v) is 3.36. The first-order valence-electron chi connectivity index (χ1n) is 10.5. The summed E-state index contributed by atoms with van der Waals surface area (Å²) in [7, 11) is 0. The molecule has 0 aliphatic heterocycles. The van der Waals surface area contributed by atoms with Crippen molar-refractivity contribution in [3.05, 3.63) is 76.4 Å². The lowest BCUT2D eigenvalue weighted by Gasteiger charge is -2.20. The first-order chi connectivity index (χ1) is 14.2. The number of alkyl halides is 3. The Morgan fingerprint density at radius 3 is 2.37 bits per heavy atom. The van der Waals surface area contributed by atoms with Crippen LogP contribution in [0.4, 0.5) is 13.2 Å². The summed E-state index contributed by atoms with van der Waals surface area (Å²) in [6.07, 6.45) is 2.65. The van der Waals surface area contributed by atoms with E-state index in [2.05, 4.69) is 25.4 Å². The molecule has 0 aliphatic carbocycles. The van der Waals surface area contributed by atoms with Gasteiger partial charge in [-0.15, -0.1) is 6.58 Å². The van der Waals surface area contributed by atoms with Crippen LogP contribution < -0.4 is 16.2 Å². The predicted octanol–water partition coefficient (Wildman–Crippen LogP) is 5.58. The fourth-order valence-electron chi connectivity index (χ4n) is 3.36. The molecule has 0 saturated carbocycles. The third-order valence-corrected chi connectivity index (χ3v) is 5.03. The van der Waals surface area contributed by atoms with E-state index in [9.17, 15) is 13.2 Å². The second kappa shape index (κ2) is 11.6. The van der Waals surface area contributed by atoms with Crippen molar-refractivity contribution in [1.29, 1.82) is 0 Å². The van der Waals surface area contributed by atoms with Crippen LogP contribution >= 0.6 is 0 Å². The Bertz CT molecular complexity index is 959. The van der Waals surface area contributed by atoms with Crippen molar-refractivity contribution in [2.75, 3.05) is 0 Å². The highest BCUT2D eigenvalue weighted by Crippen LogP contribution is 2.33. The Balaban J connectivity index is 0.00000218. The van der Waals surface area contributed by atoms with Gasteiger partial charge in [-0.1, -0.05) is 46.8 Å². The highest BCUT2D eigenvalue weighted by molar-refractivity contribution is 5.70. The second-order valence-electron chi connectivity index (χ2n) is 6.89. The first kappa shape index (κ1) is 25.5. The molecule has 2 N–H and O–H groups in total. The molecule has 0 spiro atoms. The second-order valence-corrected chi connectivity index (χ2v) is 6.89. The summed E-state index contributed by atoms with van der Waals surface area (Å²) >= 11 is 0. The van der Waals surface area contributed by atoms with Crippen molar-refractivity contribution >= 4 is 11.3 Å². The molecule has 2 rings (SSSR count). The lowest BCUT2D eigenvalue weighted by Crippen LogP contribution is -2.34. The van der Waals surface area contributed by atoms with E-state index in [0.29, 0.717) is 24.1 Å². The van der Waals surface area contributed by atoms with E-state index in [1.54, 1.807) is 24.5 Å². The number of halogens is 3. The SMILES string of the molecule is C=CC/C(N)=c1/cncc/c1=C(\c1ccc(C(F)(F)F)cc1CC)C(C)CC.CC. The van der Waals surface area contributed by atoms with Crippen LogP contribution in [0.1, 0.15) is 64.2 Å². The fraction of sp³-hybridized carbons (Fsp3) is 0.400. The average molecular weight is 419 g/mol.